The Morgan fingerprint density at radius 3 is 2.85 bits per heavy atom. The number of rotatable bonds is 4. The summed E-state index contributed by atoms with van der Waals surface area (Å²) < 4.78 is 1.69. The third kappa shape index (κ3) is 3.71. The lowest BCUT2D eigenvalue weighted by Crippen LogP contribution is -2.37. The molecule has 4 rings (SSSR count). The van der Waals surface area contributed by atoms with Crippen LogP contribution in [0.15, 0.2) is 34.6 Å². The molecule has 1 saturated heterocycles. The highest BCUT2D eigenvalue weighted by Gasteiger charge is 2.22. The lowest BCUT2D eigenvalue weighted by atomic mass is 10.0. The summed E-state index contributed by atoms with van der Waals surface area (Å²) in [6.07, 6.45) is 3.56. The number of piperidine rings is 1. The smallest absolute Gasteiger partial charge is 0.263 e. The van der Waals surface area contributed by atoms with Gasteiger partial charge in [-0.15, -0.1) is 21.5 Å². The first-order chi connectivity index (χ1) is 13.1. The van der Waals surface area contributed by atoms with Crippen molar-refractivity contribution in [3.8, 4) is 9.88 Å². The summed E-state index contributed by atoms with van der Waals surface area (Å²) in [4.78, 5) is 26.8. The van der Waals surface area contributed by atoms with E-state index in [4.69, 9.17) is 0 Å². The first kappa shape index (κ1) is 18.0. The van der Waals surface area contributed by atoms with E-state index in [9.17, 15) is 9.59 Å². The lowest BCUT2D eigenvalue weighted by molar-refractivity contribution is 0.102. The molecule has 27 heavy (non-hydrogen) atoms. The maximum absolute atomic E-state index is 13.0. The quantitative estimate of drug-likeness (QED) is 0.702. The molecule has 1 aliphatic rings. The maximum atomic E-state index is 13.0. The number of nitrogens with zero attached hydrogens (tertiary/aromatic N) is 3. The standard InChI is InChI=1S/C18H19N5O2S2/c1-11-6-9-23(12-4-7-19-8-5-12)17(25)14(11)15(24)20-18-22-21-16(27-18)13-3-2-10-26-13/h2-3,6,9-10,12,19H,4-5,7-8H2,1H3,(H,20,22,24). The largest absolute Gasteiger partial charge is 0.317 e. The number of pyridine rings is 1. The fourth-order valence-electron chi connectivity index (χ4n) is 3.22. The Morgan fingerprint density at radius 2 is 2.11 bits per heavy atom. The summed E-state index contributed by atoms with van der Waals surface area (Å²) in [5.74, 6) is -0.435. The van der Waals surface area contributed by atoms with Crippen LogP contribution in [-0.2, 0) is 0 Å². The molecule has 0 aromatic carbocycles. The number of carbonyl (C=O) groups is 1. The van der Waals surface area contributed by atoms with Gasteiger partial charge in [0.25, 0.3) is 11.5 Å². The second-order valence-electron chi connectivity index (χ2n) is 6.41. The normalized spacial score (nSPS) is 15.0. The molecule has 140 valence electrons. The van der Waals surface area contributed by atoms with Gasteiger partial charge in [-0.3, -0.25) is 14.9 Å². The van der Waals surface area contributed by atoms with E-state index in [0.717, 1.165) is 35.8 Å². The number of carbonyl (C=O) groups excluding carboxylic acids is 1. The van der Waals surface area contributed by atoms with Crippen LogP contribution in [0.2, 0.25) is 0 Å². The van der Waals surface area contributed by atoms with Gasteiger partial charge in [0.1, 0.15) is 5.56 Å². The molecule has 3 aromatic heterocycles. The molecule has 1 aliphatic heterocycles. The fourth-order valence-corrected chi connectivity index (χ4v) is 4.75. The lowest BCUT2D eigenvalue weighted by Gasteiger charge is -2.25. The zero-order valence-electron chi connectivity index (χ0n) is 14.8. The number of thiophene rings is 1. The molecule has 1 amide bonds. The van der Waals surface area contributed by atoms with Crippen molar-refractivity contribution >= 4 is 33.7 Å². The molecular weight excluding hydrogens is 382 g/mol. The summed E-state index contributed by atoms with van der Waals surface area (Å²) in [6, 6.07) is 5.85. The molecule has 1 fully saturated rings. The molecule has 0 spiro atoms. The van der Waals surface area contributed by atoms with Crippen molar-refractivity contribution in [3.05, 3.63) is 51.3 Å². The zero-order valence-corrected chi connectivity index (χ0v) is 16.4. The highest BCUT2D eigenvalue weighted by atomic mass is 32.1. The molecule has 9 heteroatoms. The predicted octanol–water partition coefficient (Wildman–Crippen LogP) is 2.91. The highest BCUT2D eigenvalue weighted by molar-refractivity contribution is 7.23. The number of hydrogen-bond donors (Lipinski definition) is 2. The zero-order chi connectivity index (χ0) is 18.8. The monoisotopic (exact) mass is 401 g/mol. The van der Waals surface area contributed by atoms with Gasteiger partial charge in [-0.25, -0.2) is 0 Å². The highest BCUT2D eigenvalue weighted by Crippen LogP contribution is 2.29. The molecule has 0 bridgehead atoms. The molecule has 4 heterocycles. The van der Waals surface area contributed by atoms with Gasteiger partial charge in [-0.05, 0) is 55.9 Å². The van der Waals surface area contributed by atoms with Crippen LogP contribution in [0.25, 0.3) is 9.88 Å². The Kier molecular flexibility index (Phi) is 5.15. The van der Waals surface area contributed by atoms with Gasteiger partial charge in [-0.2, -0.15) is 0 Å². The van der Waals surface area contributed by atoms with E-state index in [2.05, 4.69) is 20.8 Å². The van der Waals surface area contributed by atoms with Crippen LogP contribution in [0, 0.1) is 6.92 Å². The van der Waals surface area contributed by atoms with Crippen molar-refractivity contribution in [2.24, 2.45) is 0 Å². The first-order valence-corrected chi connectivity index (χ1v) is 10.4. The van der Waals surface area contributed by atoms with E-state index in [1.54, 1.807) is 29.0 Å². The van der Waals surface area contributed by atoms with Gasteiger partial charge in [0.2, 0.25) is 5.13 Å². The number of hydrogen-bond acceptors (Lipinski definition) is 7. The summed E-state index contributed by atoms with van der Waals surface area (Å²) in [7, 11) is 0. The molecular formula is C18H19N5O2S2. The number of anilines is 1. The van der Waals surface area contributed by atoms with Gasteiger partial charge in [0.05, 0.1) is 4.88 Å². The van der Waals surface area contributed by atoms with Gasteiger partial charge in [0, 0.05) is 12.2 Å². The molecule has 7 nitrogen and oxygen atoms in total. The summed E-state index contributed by atoms with van der Waals surface area (Å²) in [6.45, 7) is 3.53. The van der Waals surface area contributed by atoms with Crippen LogP contribution in [0.1, 0.15) is 34.8 Å². The third-order valence-corrected chi connectivity index (χ3v) is 6.51. The molecule has 0 unspecified atom stereocenters. The minimum absolute atomic E-state index is 0.123. The average Bonchev–Trinajstić information content (AvgIpc) is 3.34. The Labute approximate surface area is 164 Å². The van der Waals surface area contributed by atoms with Gasteiger partial charge in [0.15, 0.2) is 5.01 Å². The van der Waals surface area contributed by atoms with Crippen molar-refractivity contribution in [1.29, 1.82) is 0 Å². The second-order valence-corrected chi connectivity index (χ2v) is 8.34. The van der Waals surface area contributed by atoms with E-state index >= 15 is 0 Å². The molecule has 0 atom stereocenters. The van der Waals surface area contributed by atoms with E-state index < -0.39 is 5.91 Å². The van der Waals surface area contributed by atoms with Crippen LogP contribution in [0.4, 0.5) is 5.13 Å². The van der Waals surface area contributed by atoms with E-state index in [0.29, 0.717) is 10.7 Å². The fraction of sp³-hybridized carbons (Fsp3) is 0.333. The molecule has 3 aromatic rings. The maximum Gasteiger partial charge on any atom is 0.263 e. The van der Waals surface area contributed by atoms with Crippen molar-refractivity contribution in [3.63, 3.8) is 0 Å². The first-order valence-electron chi connectivity index (χ1n) is 8.74. The van der Waals surface area contributed by atoms with Gasteiger partial charge in [-0.1, -0.05) is 17.4 Å². The Bertz CT molecular complexity index is 1000. The second kappa shape index (κ2) is 7.71. The topological polar surface area (TPSA) is 88.9 Å². The number of amides is 1. The van der Waals surface area contributed by atoms with Crippen molar-refractivity contribution < 1.29 is 4.79 Å². The molecule has 0 radical (unpaired) electrons. The van der Waals surface area contributed by atoms with Crippen LogP contribution in [0.3, 0.4) is 0 Å². The summed E-state index contributed by atoms with van der Waals surface area (Å²) in [5.41, 5.74) is 0.581. The number of aromatic nitrogens is 3. The summed E-state index contributed by atoms with van der Waals surface area (Å²) >= 11 is 2.86. The van der Waals surface area contributed by atoms with Gasteiger partial charge >= 0.3 is 0 Å². The van der Waals surface area contributed by atoms with Crippen molar-refractivity contribution in [2.45, 2.75) is 25.8 Å². The van der Waals surface area contributed by atoms with E-state index in [-0.39, 0.29) is 17.2 Å². The van der Waals surface area contributed by atoms with Crippen molar-refractivity contribution in [2.75, 3.05) is 18.4 Å². The van der Waals surface area contributed by atoms with Crippen LogP contribution in [0.5, 0.6) is 0 Å². The molecule has 0 saturated carbocycles. The SMILES string of the molecule is Cc1ccn(C2CCNCC2)c(=O)c1C(=O)Nc1nnc(-c2cccs2)s1. The Balaban J connectivity index is 1.59. The van der Waals surface area contributed by atoms with Crippen LogP contribution in [-0.4, -0.2) is 33.8 Å². The number of nitrogens with one attached hydrogen (secondary N) is 2. The Hall–Kier alpha value is -2.36. The third-order valence-electron chi connectivity index (χ3n) is 4.63. The van der Waals surface area contributed by atoms with E-state index in [1.165, 1.54) is 11.3 Å². The van der Waals surface area contributed by atoms with Crippen molar-refractivity contribution in [1.82, 2.24) is 20.1 Å². The van der Waals surface area contributed by atoms with Crippen LogP contribution < -0.4 is 16.2 Å². The minimum atomic E-state index is -0.435. The Morgan fingerprint density at radius 1 is 1.30 bits per heavy atom. The minimum Gasteiger partial charge on any atom is -0.317 e. The predicted molar refractivity (Wildman–Crippen MR) is 108 cm³/mol. The van der Waals surface area contributed by atoms with Crippen LogP contribution >= 0.6 is 22.7 Å². The average molecular weight is 402 g/mol. The molecule has 0 aliphatic carbocycles. The van der Waals surface area contributed by atoms with Gasteiger partial charge < -0.3 is 9.88 Å². The van der Waals surface area contributed by atoms with E-state index in [1.807, 2.05) is 23.6 Å². The molecule has 2 N–H and O–H groups in total. The summed E-state index contributed by atoms with van der Waals surface area (Å²) in [5, 5.41) is 17.3. The number of aryl methyl sites for hydroxylation is 1.